The second-order valence-corrected chi connectivity index (χ2v) is 5.00. The average molecular weight is 317 g/mol. The first kappa shape index (κ1) is 16.5. The maximum Gasteiger partial charge on any atom is 0.324 e. The van der Waals surface area contributed by atoms with Crippen molar-refractivity contribution in [1.82, 2.24) is 4.90 Å². The lowest BCUT2D eigenvalue weighted by molar-refractivity contribution is -0.154. The van der Waals surface area contributed by atoms with E-state index in [1.165, 1.54) is 12.1 Å². The lowest BCUT2D eigenvalue weighted by Gasteiger charge is -2.16. The van der Waals surface area contributed by atoms with Crippen LogP contribution in [0.4, 0.5) is 0 Å². The summed E-state index contributed by atoms with van der Waals surface area (Å²) >= 11 is 0. The molecule has 120 valence electrons. The summed E-state index contributed by atoms with van der Waals surface area (Å²) in [6.07, 6.45) is 0. The van der Waals surface area contributed by atoms with Crippen LogP contribution in [0.2, 0.25) is 0 Å². The van der Waals surface area contributed by atoms with Crippen molar-refractivity contribution < 1.29 is 28.7 Å². The fraction of sp³-hybridized carbons (Fsp3) is 0.312. The van der Waals surface area contributed by atoms with Gasteiger partial charge in [-0.15, -0.1) is 0 Å². The van der Waals surface area contributed by atoms with Crippen LogP contribution in [-0.4, -0.2) is 47.4 Å². The molecule has 0 spiro atoms. The molecule has 0 saturated carbocycles. The number of carbonyl (C=O) groups excluding carboxylic acids is 5. The lowest BCUT2D eigenvalue weighted by Crippen LogP contribution is -2.42. The van der Waals surface area contributed by atoms with Gasteiger partial charge < -0.3 is 4.74 Å². The zero-order valence-electron chi connectivity index (χ0n) is 12.7. The van der Waals surface area contributed by atoms with Gasteiger partial charge in [-0.25, -0.2) is 0 Å². The first-order valence-corrected chi connectivity index (χ1v) is 7.03. The Morgan fingerprint density at radius 3 is 2.04 bits per heavy atom. The zero-order chi connectivity index (χ0) is 17.1. The summed E-state index contributed by atoms with van der Waals surface area (Å²) in [6, 6.07) is 6.17. The van der Waals surface area contributed by atoms with Crippen LogP contribution in [0.5, 0.6) is 0 Å². The number of ether oxygens (including phenoxy) is 1. The van der Waals surface area contributed by atoms with E-state index in [1.807, 2.05) is 0 Å². The second kappa shape index (κ2) is 6.51. The molecule has 1 aliphatic rings. The van der Waals surface area contributed by atoms with E-state index in [2.05, 4.69) is 0 Å². The normalized spacial score (nSPS) is 14.4. The number of ketones is 2. The predicted octanol–water partition coefficient (Wildman–Crippen LogP) is 0.620. The molecule has 0 N–H and O–H groups in total. The Morgan fingerprint density at radius 1 is 1.09 bits per heavy atom. The predicted molar refractivity (Wildman–Crippen MR) is 77.6 cm³/mol. The van der Waals surface area contributed by atoms with E-state index in [-0.39, 0.29) is 17.7 Å². The third kappa shape index (κ3) is 3.03. The molecular formula is C16H15NO6. The third-order valence-electron chi connectivity index (χ3n) is 3.44. The van der Waals surface area contributed by atoms with Crippen molar-refractivity contribution in [3.8, 4) is 0 Å². The van der Waals surface area contributed by atoms with Gasteiger partial charge in [-0.2, -0.15) is 0 Å². The van der Waals surface area contributed by atoms with Crippen LogP contribution in [0.25, 0.3) is 0 Å². The SMILES string of the molecule is CCOC(=O)C(C(C)=O)C(=O)CN1C(=O)c2ccccc2C1=O. The summed E-state index contributed by atoms with van der Waals surface area (Å²) in [4.78, 5) is 60.6. The minimum absolute atomic E-state index is 0.0168. The zero-order valence-corrected chi connectivity index (χ0v) is 12.7. The number of imide groups is 1. The van der Waals surface area contributed by atoms with Crippen molar-refractivity contribution in [2.45, 2.75) is 13.8 Å². The van der Waals surface area contributed by atoms with Gasteiger partial charge >= 0.3 is 5.97 Å². The van der Waals surface area contributed by atoms with Gasteiger partial charge in [-0.1, -0.05) is 12.1 Å². The highest BCUT2D eigenvalue weighted by Crippen LogP contribution is 2.22. The first-order chi connectivity index (χ1) is 10.9. The van der Waals surface area contributed by atoms with Gasteiger partial charge in [0.25, 0.3) is 11.8 Å². The van der Waals surface area contributed by atoms with Crippen LogP contribution in [0, 0.1) is 5.92 Å². The van der Waals surface area contributed by atoms with Crippen molar-refractivity contribution in [3.63, 3.8) is 0 Å². The van der Waals surface area contributed by atoms with E-state index in [1.54, 1.807) is 19.1 Å². The van der Waals surface area contributed by atoms with Gasteiger partial charge in [0.1, 0.15) is 0 Å². The Labute approximate surface area is 132 Å². The molecule has 1 aromatic rings. The Bertz CT molecular complexity index is 673. The van der Waals surface area contributed by atoms with Crippen molar-refractivity contribution in [1.29, 1.82) is 0 Å². The van der Waals surface area contributed by atoms with Gasteiger partial charge in [0.05, 0.1) is 24.3 Å². The number of rotatable bonds is 6. The van der Waals surface area contributed by atoms with Crippen molar-refractivity contribution >= 4 is 29.4 Å². The number of benzene rings is 1. The monoisotopic (exact) mass is 317 g/mol. The summed E-state index contributed by atoms with van der Waals surface area (Å²) in [6.45, 7) is 2.00. The highest BCUT2D eigenvalue weighted by molar-refractivity contribution is 6.24. The first-order valence-electron chi connectivity index (χ1n) is 7.03. The van der Waals surface area contributed by atoms with E-state index in [0.717, 1.165) is 11.8 Å². The topological polar surface area (TPSA) is 97.8 Å². The van der Waals surface area contributed by atoms with Crippen LogP contribution in [0.3, 0.4) is 0 Å². The molecular weight excluding hydrogens is 302 g/mol. The smallest absolute Gasteiger partial charge is 0.324 e. The fourth-order valence-corrected chi connectivity index (χ4v) is 2.38. The second-order valence-electron chi connectivity index (χ2n) is 5.00. The van der Waals surface area contributed by atoms with E-state index >= 15 is 0 Å². The van der Waals surface area contributed by atoms with Gasteiger partial charge in [0.15, 0.2) is 17.5 Å². The van der Waals surface area contributed by atoms with Crippen LogP contribution in [-0.2, 0) is 19.1 Å². The molecule has 7 heteroatoms. The molecule has 1 aliphatic heterocycles. The number of fused-ring (bicyclic) bond motifs is 1. The van der Waals surface area contributed by atoms with Gasteiger partial charge in [0.2, 0.25) is 0 Å². The standard InChI is InChI=1S/C16H15NO6/c1-3-23-16(22)13(9(2)18)12(19)8-17-14(20)10-6-4-5-7-11(10)15(17)21/h4-7,13H,3,8H2,1-2H3. The van der Waals surface area contributed by atoms with Gasteiger partial charge in [0, 0.05) is 0 Å². The van der Waals surface area contributed by atoms with Crippen LogP contribution < -0.4 is 0 Å². The minimum Gasteiger partial charge on any atom is -0.465 e. The van der Waals surface area contributed by atoms with Crippen molar-refractivity contribution in [2.75, 3.05) is 13.2 Å². The third-order valence-corrected chi connectivity index (χ3v) is 3.44. The molecule has 0 radical (unpaired) electrons. The Morgan fingerprint density at radius 2 is 1.61 bits per heavy atom. The highest BCUT2D eigenvalue weighted by Gasteiger charge is 2.40. The molecule has 1 atom stereocenters. The van der Waals surface area contributed by atoms with E-state index < -0.39 is 41.8 Å². The van der Waals surface area contributed by atoms with E-state index in [4.69, 9.17) is 4.74 Å². The summed E-state index contributed by atoms with van der Waals surface area (Å²) in [5.74, 6) is -5.37. The van der Waals surface area contributed by atoms with Gasteiger partial charge in [-0.05, 0) is 26.0 Å². The number of Topliss-reactive ketones (excluding diaryl/α,β-unsaturated/α-hetero) is 2. The van der Waals surface area contributed by atoms with Crippen molar-refractivity contribution in [3.05, 3.63) is 35.4 Å². The Balaban J connectivity index is 2.20. The Hall–Kier alpha value is -2.83. The number of esters is 1. The molecule has 23 heavy (non-hydrogen) atoms. The molecule has 2 rings (SSSR count). The molecule has 1 unspecified atom stereocenters. The number of hydrogen-bond acceptors (Lipinski definition) is 6. The summed E-state index contributed by atoms with van der Waals surface area (Å²) in [5, 5.41) is 0. The molecule has 1 aromatic carbocycles. The number of amides is 2. The largest absolute Gasteiger partial charge is 0.465 e. The molecule has 2 amide bonds. The lowest BCUT2D eigenvalue weighted by atomic mass is 9.99. The number of hydrogen-bond donors (Lipinski definition) is 0. The number of carbonyl (C=O) groups is 5. The average Bonchev–Trinajstić information content (AvgIpc) is 2.73. The van der Waals surface area contributed by atoms with E-state index in [9.17, 15) is 24.0 Å². The van der Waals surface area contributed by atoms with Crippen LogP contribution in [0.15, 0.2) is 24.3 Å². The van der Waals surface area contributed by atoms with Crippen molar-refractivity contribution in [2.24, 2.45) is 5.92 Å². The summed E-state index contributed by atoms with van der Waals surface area (Å²) in [5.41, 5.74) is 0.390. The maximum absolute atomic E-state index is 12.2. The molecule has 0 fully saturated rings. The quantitative estimate of drug-likeness (QED) is 0.433. The summed E-state index contributed by atoms with van der Waals surface area (Å²) in [7, 11) is 0. The minimum atomic E-state index is -1.63. The van der Waals surface area contributed by atoms with Crippen LogP contribution >= 0.6 is 0 Å². The molecule has 1 heterocycles. The molecule has 0 bridgehead atoms. The van der Waals surface area contributed by atoms with Crippen LogP contribution in [0.1, 0.15) is 34.6 Å². The van der Waals surface area contributed by atoms with Gasteiger partial charge in [-0.3, -0.25) is 28.9 Å². The fourth-order valence-electron chi connectivity index (χ4n) is 2.38. The highest BCUT2D eigenvalue weighted by atomic mass is 16.5. The molecule has 7 nitrogen and oxygen atoms in total. The Kier molecular flexibility index (Phi) is 4.68. The number of nitrogens with zero attached hydrogens (tertiary/aromatic N) is 1. The molecule has 0 aliphatic carbocycles. The van der Waals surface area contributed by atoms with E-state index in [0.29, 0.717) is 0 Å². The maximum atomic E-state index is 12.2. The molecule has 0 aromatic heterocycles. The molecule has 0 saturated heterocycles. The summed E-state index contributed by atoms with van der Waals surface area (Å²) < 4.78 is 4.70.